The van der Waals surface area contributed by atoms with Gasteiger partial charge in [0.15, 0.2) is 5.78 Å². The van der Waals surface area contributed by atoms with Crippen molar-refractivity contribution in [2.75, 3.05) is 0 Å². The van der Waals surface area contributed by atoms with Crippen molar-refractivity contribution < 1.29 is 18.5 Å². The topological polar surface area (TPSA) is 53.4 Å². The molecule has 1 aliphatic heterocycles. The average molecular weight is 330 g/mol. The first-order valence-corrected chi connectivity index (χ1v) is 7.85. The molecular formula is C17H20BFN2O3. The molecule has 1 aromatic heterocycles. The van der Waals surface area contributed by atoms with Crippen LogP contribution in [0.5, 0.6) is 0 Å². The molecule has 24 heavy (non-hydrogen) atoms. The summed E-state index contributed by atoms with van der Waals surface area (Å²) in [5.41, 5.74) is -0.0916. The summed E-state index contributed by atoms with van der Waals surface area (Å²) in [6.45, 7) is 7.84. The first-order valence-electron chi connectivity index (χ1n) is 7.85. The minimum atomic E-state index is -0.535. The molecule has 0 amide bonds. The van der Waals surface area contributed by atoms with E-state index < -0.39 is 24.1 Å². The molecule has 3 rings (SSSR count). The van der Waals surface area contributed by atoms with E-state index in [1.165, 1.54) is 16.8 Å². The standard InChI is InChI=1S/C17H20BFN2O3/c1-16(2)17(3,4)24-18(23-16)12-9-20-21(10-12)11-15(22)13-7-5-6-8-14(13)19/h5-10H,11H2,1-4H3. The predicted molar refractivity (Wildman–Crippen MR) is 88.7 cm³/mol. The van der Waals surface area contributed by atoms with Crippen molar-refractivity contribution in [2.45, 2.75) is 45.4 Å². The molecule has 0 N–H and O–H groups in total. The van der Waals surface area contributed by atoms with Crippen LogP contribution in [0.25, 0.3) is 0 Å². The summed E-state index contributed by atoms with van der Waals surface area (Å²) in [6, 6.07) is 5.92. The normalized spacial score (nSPS) is 18.8. The van der Waals surface area contributed by atoms with Crippen molar-refractivity contribution >= 4 is 18.4 Å². The van der Waals surface area contributed by atoms with E-state index in [0.717, 1.165) is 5.46 Å². The Bertz CT molecular complexity index is 757. The van der Waals surface area contributed by atoms with Gasteiger partial charge in [0.2, 0.25) is 0 Å². The number of ketones is 1. The molecule has 0 bridgehead atoms. The monoisotopic (exact) mass is 330 g/mol. The van der Waals surface area contributed by atoms with Crippen LogP contribution < -0.4 is 5.46 Å². The van der Waals surface area contributed by atoms with Crippen LogP contribution in [0.15, 0.2) is 36.7 Å². The molecule has 7 heteroatoms. The molecule has 2 aromatic rings. The zero-order valence-corrected chi connectivity index (χ0v) is 14.2. The van der Waals surface area contributed by atoms with Gasteiger partial charge in [-0.05, 0) is 39.8 Å². The third-order valence-electron chi connectivity index (χ3n) is 4.66. The molecule has 0 unspecified atom stereocenters. The highest BCUT2D eigenvalue weighted by molar-refractivity contribution is 6.62. The highest BCUT2D eigenvalue weighted by Gasteiger charge is 2.52. The number of carbonyl (C=O) groups is 1. The fourth-order valence-electron chi connectivity index (χ4n) is 2.49. The van der Waals surface area contributed by atoms with Crippen LogP contribution in [0.4, 0.5) is 4.39 Å². The number of aromatic nitrogens is 2. The molecule has 2 heterocycles. The third-order valence-corrected chi connectivity index (χ3v) is 4.66. The van der Waals surface area contributed by atoms with Crippen molar-refractivity contribution in [3.63, 3.8) is 0 Å². The second kappa shape index (κ2) is 5.83. The second-order valence-corrected chi connectivity index (χ2v) is 6.96. The molecular weight excluding hydrogens is 310 g/mol. The third kappa shape index (κ3) is 3.01. The van der Waals surface area contributed by atoms with Gasteiger partial charge in [-0.1, -0.05) is 12.1 Å². The van der Waals surface area contributed by atoms with E-state index in [1.807, 2.05) is 27.7 Å². The average Bonchev–Trinajstić information content (AvgIpc) is 3.02. The van der Waals surface area contributed by atoms with Crippen LogP contribution in [-0.2, 0) is 15.9 Å². The van der Waals surface area contributed by atoms with Crippen molar-refractivity contribution in [2.24, 2.45) is 0 Å². The van der Waals surface area contributed by atoms with Gasteiger partial charge >= 0.3 is 7.12 Å². The van der Waals surface area contributed by atoms with Gasteiger partial charge in [0.1, 0.15) is 12.4 Å². The summed E-state index contributed by atoms with van der Waals surface area (Å²) in [5, 5.41) is 4.16. The summed E-state index contributed by atoms with van der Waals surface area (Å²) in [7, 11) is -0.535. The number of hydrogen-bond donors (Lipinski definition) is 0. The molecule has 5 nitrogen and oxygen atoms in total. The zero-order valence-electron chi connectivity index (χ0n) is 14.2. The maximum Gasteiger partial charge on any atom is 0.498 e. The minimum Gasteiger partial charge on any atom is -0.399 e. The lowest BCUT2D eigenvalue weighted by Crippen LogP contribution is -2.41. The van der Waals surface area contributed by atoms with E-state index in [9.17, 15) is 9.18 Å². The van der Waals surface area contributed by atoms with E-state index in [-0.39, 0.29) is 17.9 Å². The number of halogens is 1. The van der Waals surface area contributed by atoms with E-state index in [2.05, 4.69) is 5.10 Å². The van der Waals surface area contributed by atoms with Crippen LogP contribution in [-0.4, -0.2) is 33.9 Å². The van der Waals surface area contributed by atoms with E-state index >= 15 is 0 Å². The Kier molecular flexibility index (Phi) is 4.09. The van der Waals surface area contributed by atoms with Gasteiger partial charge < -0.3 is 9.31 Å². The largest absolute Gasteiger partial charge is 0.498 e. The highest BCUT2D eigenvalue weighted by Crippen LogP contribution is 2.36. The lowest BCUT2D eigenvalue weighted by atomic mass is 9.82. The van der Waals surface area contributed by atoms with Crippen molar-refractivity contribution in [3.8, 4) is 0 Å². The number of rotatable bonds is 4. The van der Waals surface area contributed by atoms with Gasteiger partial charge in [0, 0.05) is 17.9 Å². The van der Waals surface area contributed by atoms with Gasteiger partial charge in [0.05, 0.1) is 16.8 Å². The summed E-state index contributed by atoms with van der Waals surface area (Å²) < 4.78 is 27.0. The van der Waals surface area contributed by atoms with Gasteiger partial charge in [-0.3, -0.25) is 9.48 Å². The molecule has 1 fully saturated rings. The molecule has 0 spiro atoms. The fourth-order valence-corrected chi connectivity index (χ4v) is 2.49. The molecule has 126 valence electrons. The lowest BCUT2D eigenvalue weighted by Gasteiger charge is -2.32. The van der Waals surface area contributed by atoms with Crippen molar-refractivity contribution in [3.05, 3.63) is 48.0 Å². The Balaban J connectivity index is 1.73. The fraction of sp³-hybridized carbons (Fsp3) is 0.412. The van der Waals surface area contributed by atoms with E-state index in [0.29, 0.717) is 0 Å². The Morgan fingerprint density at radius 2 is 1.83 bits per heavy atom. The van der Waals surface area contributed by atoms with Crippen LogP contribution in [0.1, 0.15) is 38.1 Å². The number of benzene rings is 1. The summed E-state index contributed by atoms with van der Waals surface area (Å²) in [6.07, 6.45) is 3.30. The Morgan fingerprint density at radius 3 is 2.46 bits per heavy atom. The van der Waals surface area contributed by atoms with Crippen molar-refractivity contribution in [1.82, 2.24) is 9.78 Å². The van der Waals surface area contributed by atoms with E-state index in [4.69, 9.17) is 9.31 Å². The molecule has 1 aromatic carbocycles. The predicted octanol–water partition coefficient (Wildman–Crippen LogP) is 2.20. The maximum atomic E-state index is 13.7. The van der Waals surface area contributed by atoms with Gasteiger partial charge in [0.25, 0.3) is 0 Å². The summed E-state index contributed by atoms with van der Waals surface area (Å²) in [4.78, 5) is 12.2. The Labute approximate surface area is 140 Å². The zero-order chi connectivity index (χ0) is 17.5. The molecule has 0 radical (unpaired) electrons. The SMILES string of the molecule is CC1(C)OB(c2cnn(CC(=O)c3ccccc3F)c2)OC1(C)C. The van der Waals surface area contributed by atoms with Crippen LogP contribution >= 0.6 is 0 Å². The van der Waals surface area contributed by atoms with Gasteiger partial charge in [-0.25, -0.2) is 4.39 Å². The number of Topliss-reactive ketones (excluding diaryl/α,β-unsaturated/α-hetero) is 1. The highest BCUT2D eigenvalue weighted by atomic mass is 19.1. The number of carbonyl (C=O) groups excluding carboxylic acids is 1. The Hall–Kier alpha value is -1.99. The van der Waals surface area contributed by atoms with E-state index in [1.54, 1.807) is 24.5 Å². The maximum absolute atomic E-state index is 13.7. The Morgan fingerprint density at radius 1 is 1.21 bits per heavy atom. The first kappa shape index (κ1) is 16.9. The lowest BCUT2D eigenvalue weighted by molar-refractivity contribution is 0.00578. The minimum absolute atomic E-state index is 0.0412. The quantitative estimate of drug-likeness (QED) is 0.637. The van der Waals surface area contributed by atoms with Crippen LogP contribution in [0.3, 0.4) is 0 Å². The summed E-state index contributed by atoms with van der Waals surface area (Å²) >= 11 is 0. The molecule has 1 aliphatic rings. The van der Waals surface area contributed by atoms with Crippen molar-refractivity contribution in [1.29, 1.82) is 0 Å². The first-order chi connectivity index (χ1) is 11.2. The van der Waals surface area contributed by atoms with Crippen LogP contribution in [0.2, 0.25) is 0 Å². The number of hydrogen-bond acceptors (Lipinski definition) is 4. The number of nitrogens with zero attached hydrogens (tertiary/aromatic N) is 2. The summed E-state index contributed by atoms with van der Waals surface area (Å²) in [5.74, 6) is -0.863. The molecule has 0 atom stereocenters. The molecule has 0 aliphatic carbocycles. The molecule has 1 saturated heterocycles. The molecule has 0 saturated carbocycles. The van der Waals surface area contributed by atoms with Gasteiger partial charge in [-0.2, -0.15) is 5.10 Å². The van der Waals surface area contributed by atoms with Crippen LogP contribution in [0, 0.1) is 5.82 Å². The van der Waals surface area contributed by atoms with Gasteiger partial charge in [-0.15, -0.1) is 0 Å². The smallest absolute Gasteiger partial charge is 0.399 e. The second-order valence-electron chi connectivity index (χ2n) is 6.96.